The lowest BCUT2D eigenvalue weighted by molar-refractivity contribution is -0.117. The number of methoxy groups -OCH3 is 1. The Balaban J connectivity index is 2.69. The van der Waals surface area contributed by atoms with Gasteiger partial charge in [-0.3, -0.25) is 4.79 Å². The molecule has 1 unspecified atom stereocenters. The number of ketones is 1. The van der Waals surface area contributed by atoms with Gasteiger partial charge in [0.1, 0.15) is 0 Å². The predicted molar refractivity (Wildman–Crippen MR) is 52.6 cm³/mol. The molecule has 2 heteroatoms. The lowest BCUT2D eigenvalue weighted by atomic mass is 9.84. The minimum absolute atomic E-state index is 0.327. The van der Waals surface area contributed by atoms with Crippen LogP contribution in [0.4, 0.5) is 0 Å². The van der Waals surface area contributed by atoms with Crippen LogP contribution in [0.25, 0.3) is 0 Å². The summed E-state index contributed by atoms with van der Waals surface area (Å²) in [7, 11) is 1.67. The maximum absolute atomic E-state index is 11.6. The zero-order valence-corrected chi connectivity index (χ0v) is 8.72. The van der Waals surface area contributed by atoms with Gasteiger partial charge in [0.15, 0.2) is 5.78 Å². The van der Waals surface area contributed by atoms with Crippen LogP contribution in [-0.2, 0) is 9.53 Å². The zero-order chi connectivity index (χ0) is 9.84. The number of rotatable bonds is 2. The number of allylic oxidation sites excluding steroid dienone is 1. The fraction of sp³-hybridized carbons (Fsp3) is 0.727. The van der Waals surface area contributed by atoms with Gasteiger partial charge in [0.25, 0.3) is 0 Å². The fourth-order valence-electron chi connectivity index (χ4n) is 1.83. The molecule has 0 radical (unpaired) electrons. The van der Waals surface area contributed by atoms with E-state index < -0.39 is 0 Å². The van der Waals surface area contributed by atoms with Crippen LogP contribution in [0.15, 0.2) is 11.1 Å². The van der Waals surface area contributed by atoms with Gasteiger partial charge in [-0.2, -0.15) is 0 Å². The molecule has 0 aromatic rings. The third kappa shape index (κ3) is 2.66. The van der Waals surface area contributed by atoms with Crippen molar-refractivity contribution in [3.8, 4) is 0 Å². The molecule has 0 spiro atoms. The molecule has 0 amide bonds. The summed E-state index contributed by atoms with van der Waals surface area (Å²) in [5.74, 6) is 0.889. The highest BCUT2D eigenvalue weighted by atomic mass is 16.5. The largest absolute Gasteiger partial charge is 0.380 e. The highest BCUT2D eigenvalue weighted by molar-refractivity contribution is 5.96. The first-order valence-electron chi connectivity index (χ1n) is 4.86. The van der Waals surface area contributed by atoms with Gasteiger partial charge < -0.3 is 4.74 Å². The Labute approximate surface area is 80.0 Å². The van der Waals surface area contributed by atoms with E-state index in [1.54, 1.807) is 7.11 Å². The average Bonchev–Trinajstić information content (AvgIpc) is 2.04. The Hall–Kier alpha value is -0.630. The molecule has 0 bridgehead atoms. The summed E-state index contributed by atoms with van der Waals surface area (Å²) in [6.45, 7) is 4.72. The first-order chi connectivity index (χ1) is 6.15. The molecule has 2 nitrogen and oxygen atoms in total. The van der Waals surface area contributed by atoms with Crippen LogP contribution >= 0.6 is 0 Å². The zero-order valence-electron chi connectivity index (χ0n) is 8.72. The van der Waals surface area contributed by atoms with Crippen molar-refractivity contribution in [2.75, 3.05) is 13.7 Å². The summed E-state index contributed by atoms with van der Waals surface area (Å²) >= 11 is 0. The number of hydrogen-bond acceptors (Lipinski definition) is 2. The molecule has 1 fully saturated rings. The van der Waals surface area contributed by atoms with Crippen molar-refractivity contribution in [2.24, 2.45) is 5.92 Å². The van der Waals surface area contributed by atoms with E-state index in [2.05, 4.69) is 6.92 Å². The van der Waals surface area contributed by atoms with Crippen LogP contribution in [0.5, 0.6) is 0 Å². The minimum atomic E-state index is 0.327. The van der Waals surface area contributed by atoms with Gasteiger partial charge in [-0.25, -0.2) is 0 Å². The van der Waals surface area contributed by atoms with Gasteiger partial charge in [-0.15, -0.1) is 0 Å². The molecular formula is C11H18O2. The molecule has 0 aliphatic heterocycles. The third-order valence-corrected chi connectivity index (χ3v) is 2.63. The minimum Gasteiger partial charge on any atom is -0.380 e. The van der Waals surface area contributed by atoms with Crippen molar-refractivity contribution in [3.05, 3.63) is 11.1 Å². The standard InChI is InChI=1S/C11H18O2/c1-8-4-5-10(11(12)6-8)9(2)7-13-3/h8H,4-7H2,1-3H3. The van der Waals surface area contributed by atoms with Crippen LogP contribution in [0.1, 0.15) is 33.1 Å². The normalized spacial score (nSPS) is 27.6. The van der Waals surface area contributed by atoms with E-state index in [0.29, 0.717) is 18.3 Å². The molecule has 0 aromatic carbocycles. The summed E-state index contributed by atoms with van der Waals surface area (Å²) in [5.41, 5.74) is 2.12. The predicted octanol–water partition coefficient (Wildman–Crippen LogP) is 2.34. The maximum atomic E-state index is 11.6. The molecule has 1 rings (SSSR count). The molecule has 0 aromatic heterocycles. The number of ether oxygens (including phenoxy) is 1. The molecule has 0 saturated heterocycles. The lowest BCUT2D eigenvalue weighted by Gasteiger charge is -2.20. The molecule has 1 aliphatic carbocycles. The van der Waals surface area contributed by atoms with Gasteiger partial charge in [0.05, 0.1) is 6.61 Å². The van der Waals surface area contributed by atoms with Crippen molar-refractivity contribution in [3.63, 3.8) is 0 Å². The second-order valence-corrected chi connectivity index (χ2v) is 3.96. The summed E-state index contributed by atoms with van der Waals surface area (Å²) in [5, 5.41) is 0. The smallest absolute Gasteiger partial charge is 0.159 e. The van der Waals surface area contributed by atoms with Crippen molar-refractivity contribution >= 4 is 5.78 Å². The Morgan fingerprint density at radius 3 is 2.85 bits per heavy atom. The summed E-state index contributed by atoms with van der Waals surface area (Å²) in [6.07, 6.45) is 2.80. The van der Waals surface area contributed by atoms with Gasteiger partial charge in [0, 0.05) is 13.5 Å². The average molecular weight is 182 g/mol. The Morgan fingerprint density at radius 2 is 2.31 bits per heavy atom. The topological polar surface area (TPSA) is 26.3 Å². The molecule has 1 aliphatic rings. The van der Waals surface area contributed by atoms with Crippen LogP contribution in [0.2, 0.25) is 0 Å². The molecule has 13 heavy (non-hydrogen) atoms. The number of hydrogen-bond donors (Lipinski definition) is 0. The first kappa shape index (κ1) is 10.5. The van der Waals surface area contributed by atoms with Crippen molar-refractivity contribution < 1.29 is 9.53 Å². The first-order valence-corrected chi connectivity index (χ1v) is 4.86. The molecule has 1 saturated carbocycles. The number of carbonyl (C=O) groups is 1. The molecule has 0 heterocycles. The van der Waals surface area contributed by atoms with Gasteiger partial charge >= 0.3 is 0 Å². The van der Waals surface area contributed by atoms with Gasteiger partial charge in [-0.1, -0.05) is 6.92 Å². The second kappa shape index (κ2) is 4.56. The summed E-state index contributed by atoms with van der Waals surface area (Å²) in [4.78, 5) is 11.6. The van der Waals surface area contributed by atoms with E-state index in [-0.39, 0.29) is 0 Å². The lowest BCUT2D eigenvalue weighted by Crippen LogP contribution is -2.17. The van der Waals surface area contributed by atoms with Gasteiger partial charge in [-0.05, 0) is 36.8 Å². The Kier molecular flexibility index (Phi) is 3.67. The Bertz CT molecular complexity index is 228. The SMILES string of the molecule is COCC(C)=C1CCC(C)CC1=O. The molecule has 74 valence electrons. The van der Waals surface area contributed by atoms with Crippen LogP contribution in [0, 0.1) is 5.92 Å². The summed E-state index contributed by atoms with van der Waals surface area (Å²) < 4.78 is 5.02. The van der Waals surface area contributed by atoms with Crippen molar-refractivity contribution in [1.29, 1.82) is 0 Å². The Morgan fingerprint density at radius 1 is 1.62 bits per heavy atom. The van der Waals surface area contributed by atoms with E-state index in [4.69, 9.17) is 4.74 Å². The number of carbonyl (C=O) groups excluding carboxylic acids is 1. The third-order valence-electron chi connectivity index (χ3n) is 2.63. The van der Waals surface area contributed by atoms with Crippen molar-refractivity contribution in [2.45, 2.75) is 33.1 Å². The quantitative estimate of drug-likeness (QED) is 0.613. The number of Topliss-reactive ketones (excluding diaryl/α,β-unsaturated/α-hetero) is 1. The van der Waals surface area contributed by atoms with Crippen LogP contribution in [-0.4, -0.2) is 19.5 Å². The molecule has 1 atom stereocenters. The van der Waals surface area contributed by atoms with Crippen LogP contribution in [0.3, 0.4) is 0 Å². The highest BCUT2D eigenvalue weighted by Crippen LogP contribution is 2.26. The van der Waals surface area contributed by atoms with Gasteiger partial charge in [0.2, 0.25) is 0 Å². The fourth-order valence-corrected chi connectivity index (χ4v) is 1.83. The highest BCUT2D eigenvalue weighted by Gasteiger charge is 2.21. The maximum Gasteiger partial charge on any atom is 0.159 e. The van der Waals surface area contributed by atoms with E-state index in [1.807, 2.05) is 6.92 Å². The second-order valence-electron chi connectivity index (χ2n) is 3.96. The van der Waals surface area contributed by atoms with E-state index in [0.717, 1.165) is 30.4 Å². The van der Waals surface area contributed by atoms with Crippen LogP contribution < -0.4 is 0 Å². The van der Waals surface area contributed by atoms with Crippen molar-refractivity contribution in [1.82, 2.24) is 0 Å². The monoisotopic (exact) mass is 182 g/mol. The van der Waals surface area contributed by atoms with E-state index in [9.17, 15) is 4.79 Å². The molecular weight excluding hydrogens is 164 g/mol. The summed E-state index contributed by atoms with van der Waals surface area (Å²) in [6, 6.07) is 0. The van der Waals surface area contributed by atoms with E-state index in [1.165, 1.54) is 0 Å². The molecule has 0 N–H and O–H groups in total. The van der Waals surface area contributed by atoms with E-state index >= 15 is 0 Å².